The molecule has 0 radical (unpaired) electrons. The van der Waals surface area contributed by atoms with Crippen molar-refractivity contribution in [3.05, 3.63) is 83.9 Å². The Labute approximate surface area is 198 Å². The van der Waals surface area contributed by atoms with Gasteiger partial charge in [0.2, 0.25) is 5.75 Å². The van der Waals surface area contributed by atoms with E-state index in [4.69, 9.17) is 19.2 Å². The van der Waals surface area contributed by atoms with Crippen molar-refractivity contribution in [2.75, 3.05) is 27.9 Å². The number of carbonyl (C=O) groups is 1. The molecule has 1 amide bonds. The second kappa shape index (κ2) is 10.4. The number of ether oxygens (including phenoxy) is 3. The van der Waals surface area contributed by atoms with Crippen LogP contribution in [0.3, 0.4) is 0 Å². The van der Waals surface area contributed by atoms with E-state index in [1.54, 1.807) is 27.4 Å². The second-order valence-corrected chi connectivity index (χ2v) is 7.34. The molecule has 0 aliphatic carbocycles. The molecule has 170 valence electrons. The number of pyridine rings is 1. The molecule has 1 heterocycles. The lowest BCUT2D eigenvalue weighted by Gasteiger charge is -2.15. The molecule has 0 fully saturated rings. The van der Waals surface area contributed by atoms with E-state index in [2.05, 4.69) is 17.2 Å². The van der Waals surface area contributed by atoms with Crippen molar-refractivity contribution in [2.24, 2.45) is 0 Å². The van der Waals surface area contributed by atoms with Crippen molar-refractivity contribution in [3.63, 3.8) is 0 Å². The van der Waals surface area contributed by atoms with Crippen LogP contribution in [0.15, 0.2) is 72.8 Å². The smallest absolute Gasteiger partial charge is 0.252 e. The number of nitrogens with zero attached hydrogens (tertiary/aromatic N) is 1. The Morgan fingerprint density at radius 1 is 0.882 bits per heavy atom. The maximum atomic E-state index is 13.1. The molecule has 34 heavy (non-hydrogen) atoms. The zero-order valence-electron chi connectivity index (χ0n) is 19.2. The lowest BCUT2D eigenvalue weighted by Crippen LogP contribution is -2.24. The topological polar surface area (TPSA) is 69.7 Å². The Morgan fingerprint density at radius 2 is 1.56 bits per heavy atom. The predicted octanol–water partition coefficient (Wildman–Crippen LogP) is 4.71. The molecule has 4 aromatic rings. The fraction of sp³-hybridized carbons (Fsp3) is 0.143. The van der Waals surface area contributed by atoms with Crippen LogP contribution in [-0.4, -0.2) is 38.8 Å². The van der Waals surface area contributed by atoms with Gasteiger partial charge in [0.25, 0.3) is 5.91 Å². The van der Waals surface area contributed by atoms with Gasteiger partial charge in [0.1, 0.15) is 0 Å². The van der Waals surface area contributed by atoms with Gasteiger partial charge in [-0.25, -0.2) is 4.98 Å². The minimum absolute atomic E-state index is 0.226. The lowest BCUT2D eigenvalue weighted by atomic mass is 10.0. The Hall–Kier alpha value is -4.50. The Bertz CT molecular complexity index is 1360. The van der Waals surface area contributed by atoms with E-state index in [0.29, 0.717) is 34.0 Å². The molecule has 3 aromatic carbocycles. The van der Waals surface area contributed by atoms with Crippen molar-refractivity contribution >= 4 is 16.8 Å². The number of fused-ring (bicyclic) bond motifs is 1. The van der Waals surface area contributed by atoms with Crippen LogP contribution in [0.5, 0.6) is 17.2 Å². The minimum atomic E-state index is -0.227. The van der Waals surface area contributed by atoms with E-state index in [-0.39, 0.29) is 12.5 Å². The largest absolute Gasteiger partial charge is 0.493 e. The maximum Gasteiger partial charge on any atom is 0.252 e. The van der Waals surface area contributed by atoms with Gasteiger partial charge in [-0.3, -0.25) is 4.79 Å². The number of carbonyl (C=O) groups excluding carboxylic acids is 1. The van der Waals surface area contributed by atoms with Crippen molar-refractivity contribution in [1.82, 2.24) is 10.3 Å². The number of amides is 1. The fourth-order valence-electron chi connectivity index (χ4n) is 3.63. The molecule has 6 nitrogen and oxygen atoms in total. The zero-order valence-corrected chi connectivity index (χ0v) is 19.2. The van der Waals surface area contributed by atoms with E-state index in [9.17, 15) is 4.79 Å². The highest BCUT2D eigenvalue weighted by atomic mass is 16.5. The van der Waals surface area contributed by atoms with Gasteiger partial charge in [-0.2, -0.15) is 0 Å². The normalized spacial score (nSPS) is 10.2. The highest BCUT2D eigenvalue weighted by molar-refractivity contribution is 6.07. The molecular weight excluding hydrogens is 428 g/mol. The van der Waals surface area contributed by atoms with Crippen molar-refractivity contribution in [1.29, 1.82) is 0 Å². The van der Waals surface area contributed by atoms with Crippen LogP contribution in [0.25, 0.3) is 22.2 Å². The summed E-state index contributed by atoms with van der Waals surface area (Å²) in [5, 5.41) is 3.65. The summed E-state index contributed by atoms with van der Waals surface area (Å²) in [5.41, 5.74) is 3.46. The molecule has 0 bridgehead atoms. The molecule has 6 heteroatoms. The number of methoxy groups -OCH3 is 3. The van der Waals surface area contributed by atoms with Gasteiger partial charge < -0.3 is 19.5 Å². The SMILES string of the molecule is COc1cc(-c2cc(C(=O)NCC#Cc3ccccc3)c3ccccc3n2)cc(OC)c1OC. The van der Waals surface area contributed by atoms with E-state index in [0.717, 1.165) is 16.5 Å². The van der Waals surface area contributed by atoms with Crippen LogP contribution < -0.4 is 19.5 Å². The van der Waals surface area contributed by atoms with Gasteiger partial charge in [-0.05, 0) is 36.4 Å². The number of benzene rings is 3. The van der Waals surface area contributed by atoms with Crippen LogP contribution in [-0.2, 0) is 0 Å². The standard InChI is InChI=1S/C28H24N2O4/c1-32-25-16-20(17-26(33-2)27(25)34-3)24-18-22(21-13-7-8-14-23(21)30-24)28(31)29-15-9-12-19-10-5-4-6-11-19/h4-8,10-11,13-14,16-18H,15H2,1-3H3,(H,29,31). The third-order valence-corrected chi connectivity index (χ3v) is 5.27. The van der Waals surface area contributed by atoms with E-state index < -0.39 is 0 Å². The number of hydrogen-bond acceptors (Lipinski definition) is 5. The third-order valence-electron chi connectivity index (χ3n) is 5.27. The lowest BCUT2D eigenvalue weighted by molar-refractivity contribution is 0.0960. The van der Waals surface area contributed by atoms with E-state index in [1.807, 2.05) is 66.7 Å². The summed E-state index contributed by atoms with van der Waals surface area (Å²) in [6.07, 6.45) is 0. The number of para-hydroxylation sites is 1. The summed E-state index contributed by atoms with van der Waals surface area (Å²) in [6, 6.07) is 22.6. The molecule has 4 rings (SSSR count). The number of rotatable bonds is 6. The zero-order chi connectivity index (χ0) is 23.9. The average molecular weight is 453 g/mol. The van der Waals surface area contributed by atoms with E-state index in [1.165, 1.54) is 0 Å². The Balaban J connectivity index is 1.70. The maximum absolute atomic E-state index is 13.1. The minimum Gasteiger partial charge on any atom is -0.493 e. The molecule has 0 aliphatic heterocycles. The molecule has 0 saturated heterocycles. The predicted molar refractivity (Wildman–Crippen MR) is 132 cm³/mol. The van der Waals surface area contributed by atoms with Crippen molar-refractivity contribution < 1.29 is 19.0 Å². The van der Waals surface area contributed by atoms with Crippen LogP contribution in [0.2, 0.25) is 0 Å². The molecule has 1 aromatic heterocycles. The first-order valence-electron chi connectivity index (χ1n) is 10.7. The van der Waals surface area contributed by atoms with Crippen molar-refractivity contribution in [2.45, 2.75) is 0 Å². The summed E-state index contributed by atoms with van der Waals surface area (Å²) < 4.78 is 16.4. The third kappa shape index (κ3) is 4.79. The summed E-state index contributed by atoms with van der Waals surface area (Å²) in [6.45, 7) is 0.226. The number of aromatic nitrogens is 1. The first kappa shape index (κ1) is 22.7. The van der Waals surface area contributed by atoms with Gasteiger partial charge >= 0.3 is 0 Å². The van der Waals surface area contributed by atoms with E-state index >= 15 is 0 Å². The highest BCUT2D eigenvalue weighted by Gasteiger charge is 2.18. The Morgan fingerprint density at radius 3 is 2.24 bits per heavy atom. The number of nitrogens with one attached hydrogen (secondary N) is 1. The quantitative estimate of drug-likeness (QED) is 0.429. The number of hydrogen-bond donors (Lipinski definition) is 1. The summed E-state index contributed by atoms with van der Waals surface area (Å²) in [4.78, 5) is 17.9. The van der Waals surface area contributed by atoms with Crippen LogP contribution >= 0.6 is 0 Å². The molecule has 0 unspecified atom stereocenters. The van der Waals surface area contributed by atoms with Gasteiger partial charge in [-0.15, -0.1) is 0 Å². The molecule has 0 spiro atoms. The molecular formula is C28H24N2O4. The molecule has 0 aliphatic rings. The van der Waals surface area contributed by atoms with Crippen LogP contribution in [0, 0.1) is 11.8 Å². The van der Waals surface area contributed by atoms with Gasteiger partial charge in [-0.1, -0.05) is 48.2 Å². The van der Waals surface area contributed by atoms with Crippen molar-refractivity contribution in [3.8, 4) is 40.3 Å². The van der Waals surface area contributed by atoms with Crippen LogP contribution in [0.4, 0.5) is 0 Å². The van der Waals surface area contributed by atoms with Gasteiger partial charge in [0, 0.05) is 16.5 Å². The summed E-state index contributed by atoms with van der Waals surface area (Å²) in [5.74, 6) is 7.32. The van der Waals surface area contributed by atoms with Gasteiger partial charge in [0.15, 0.2) is 11.5 Å². The summed E-state index contributed by atoms with van der Waals surface area (Å²) >= 11 is 0. The second-order valence-electron chi connectivity index (χ2n) is 7.34. The highest BCUT2D eigenvalue weighted by Crippen LogP contribution is 2.41. The first-order valence-corrected chi connectivity index (χ1v) is 10.7. The molecule has 0 atom stereocenters. The fourth-order valence-corrected chi connectivity index (χ4v) is 3.63. The first-order chi connectivity index (χ1) is 16.6. The van der Waals surface area contributed by atoms with Crippen LogP contribution in [0.1, 0.15) is 15.9 Å². The molecule has 0 saturated carbocycles. The van der Waals surface area contributed by atoms with Gasteiger partial charge in [0.05, 0.1) is 44.6 Å². The Kier molecular flexibility index (Phi) is 6.95. The molecule has 1 N–H and O–H groups in total. The average Bonchev–Trinajstić information content (AvgIpc) is 2.89. The summed E-state index contributed by atoms with van der Waals surface area (Å²) in [7, 11) is 4.67. The monoisotopic (exact) mass is 452 g/mol.